The van der Waals surface area contributed by atoms with Crippen LogP contribution in [0.2, 0.25) is 20.1 Å². The number of H-pyrrole nitrogens is 1. The van der Waals surface area contributed by atoms with E-state index in [1.165, 1.54) is 32.1 Å². The number of halogens is 4. The number of carbonyl (C=O) groups excluding carboxylic acids is 4. The van der Waals surface area contributed by atoms with Crippen LogP contribution in [0, 0.1) is 20.8 Å². The van der Waals surface area contributed by atoms with Gasteiger partial charge in [0, 0.05) is 186 Å². The average molecular weight is 2000 g/mol. The van der Waals surface area contributed by atoms with Crippen molar-refractivity contribution in [2.45, 2.75) is 133 Å². The number of amides is 4. The molecule has 0 bridgehead atoms. The Hall–Kier alpha value is -13.4. The molecule has 0 spiro atoms. The minimum absolute atomic E-state index is 0.0845. The molecule has 2 fully saturated rings. The second-order valence-corrected chi connectivity index (χ2v) is 43.6. The molecular weight excluding hydrogens is 1900 g/mol. The number of fused-ring (bicyclic) bond motifs is 6. The Morgan fingerprint density at radius 3 is 1.19 bits per heavy atom. The molecule has 8 aromatic heterocycles. The fourth-order valence-corrected chi connectivity index (χ4v) is 22.5. The number of aromatic amines is 1. The maximum atomic E-state index is 14.3. The van der Waals surface area contributed by atoms with Crippen molar-refractivity contribution in [3.63, 3.8) is 0 Å². The van der Waals surface area contributed by atoms with Crippen LogP contribution in [0.4, 0.5) is 9.59 Å². The third-order valence-corrected chi connectivity index (χ3v) is 30.4. The lowest BCUT2D eigenvalue weighted by atomic mass is 9.98. The van der Waals surface area contributed by atoms with Crippen LogP contribution in [0.5, 0.6) is 11.5 Å². The van der Waals surface area contributed by atoms with Crippen molar-refractivity contribution in [1.29, 1.82) is 0 Å². The summed E-state index contributed by atoms with van der Waals surface area (Å²) in [5.74, 6) is 0.950. The first-order valence-corrected chi connectivity index (χ1v) is 51.1. The van der Waals surface area contributed by atoms with Gasteiger partial charge in [-0.2, -0.15) is 0 Å². The van der Waals surface area contributed by atoms with Crippen LogP contribution in [-0.2, 0) is 81.2 Å². The third-order valence-electron chi connectivity index (χ3n) is 24.1. The smallest absolute Gasteiger partial charge is 0.410 e. The summed E-state index contributed by atoms with van der Waals surface area (Å²) >= 11 is 25.6. The number of nitrogens with zero attached hydrogens (tertiary/aromatic N) is 11. The molecule has 4 amide bonds. The predicted molar refractivity (Wildman–Crippen MR) is 540 cm³/mol. The van der Waals surface area contributed by atoms with Gasteiger partial charge >= 0.3 is 12.2 Å². The van der Waals surface area contributed by atoms with Crippen LogP contribution in [0.15, 0.2) is 282 Å². The number of ether oxygens (including phenoxy) is 4. The van der Waals surface area contributed by atoms with Gasteiger partial charge in [0.15, 0.2) is 29.1 Å². The molecule has 20 rings (SSSR count). The first-order valence-electron chi connectivity index (χ1n) is 45.2. The summed E-state index contributed by atoms with van der Waals surface area (Å²) in [6.07, 6.45) is 8.01. The molecule has 12 heterocycles. The molecule has 139 heavy (non-hydrogen) atoms. The number of aromatic nitrogens is 8. The number of piperazine rings is 2. The average Bonchev–Trinajstić information content (AvgIpc) is 1.58. The van der Waals surface area contributed by atoms with Crippen molar-refractivity contribution < 1.29 is 63.4 Å². The molecular formula is C106H100Cl4N12O14S3. The first kappa shape index (κ1) is 97.3. The maximum absolute atomic E-state index is 14.3. The Morgan fingerprint density at radius 2 is 0.755 bits per heavy atom. The Kier molecular flexibility index (Phi) is 28.1. The van der Waals surface area contributed by atoms with E-state index in [9.17, 15) is 44.4 Å². The van der Waals surface area contributed by atoms with Crippen LogP contribution < -0.4 is 9.47 Å². The highest BCUT2D eigenvalue weighted by atomic mass is 35.5. The predicted octanol–water partition coefficient (Wildman–Crippen LogP) is 20.8. The standard InChI is InChI=1S/C39H39ClN4O6S.C32H33ClN4O4.C21H17ClN2O2S.C14H11ClN2O2S/c1-25-10-12-30(13-11-25)51(47,48)44-29(20-26-8-6-5-7-9-26)24-33-31(14-15-41-36(33)44)32-23-28(40)21-27-22-34(49-35(27)32)37(45)42-16-18-43(19-17-42)38(46)50-39(2,3)4;1-32(2,3)41-31(39)37-13-11-36(12-14-37)30(38)27-17-21-16-22(33)18-25(28(21)40-27)24-9-10-34-29-26(24)19-23(35-29)15-20-7-5-4-6-8-20;1-15-7-9-18(10-8-15)27(25,26)24-17(13-16-5-3-2-4-6-16)14-19-20(22)11-12-23-21(19)24;1-10-2-4-11(5-3-10)20(18,19)17-9-7-12-13(15)6-8-16-14(12)17/h5-15,21,23-24,34H,16-20,22H2,1-4H3;4-10,16,18-19,27H,11-15,17H2,1-3H3,(H,34,35);2-12,14H,13H2,1H3;2-9H,1H3. The van der Waals surface area contributed by atoms with E-state index < -0.39 is 59.6 Å². The summed E-state index contributed by atoms with van der Waals surface area (Å²) in [6, 6.07) is 71.9. The van der Waals surface area contributed by atoms with Crippen molar-refractivity contribution >= 4 is 145 Å². The first-order chi connectivity index (χ1) is 66.4. The van der Waals surface area contributed by atoms with E-state index in [0.29, 0.717) is 160 Å². The lowest BCUT2D eigenvalue weighted by Gasteiger charge is -2.36. The Balaban J connectivity index is 0.000000135. The molecule has 4 aliphatic heterocycles. The molecule has 2 saturated heterocycles. The minimum Gasteiger partial charge on any atom is -0.479 e. The molecule has 0 saturated carbocycles. The fraction of sp³-hybridized carbons (Fsp3) is 0.245. The summed E-state index contributed by atoms with van der Waals surface area (Å²) in [5.41, 5.74) is 13.7. The topological polar surface area (TPSA) is 303 Å². The molecule has 714 valence electrons. The third kappa shape index (κ3) is 21.4. The van der Waals surface area contributed by atoms with E-state index in [1.807, 2.05) is 178 Å². The number of pyridine rings is 4. The monoisotopic (exact) mass is 2000 g/mol. The highest BCUT2D eigenvalue weighted by Crippen LogP contribution is 2.47. The summed E-state index contributed by atoms with van der Waals surface area (Å²) < 4.78 is 108. The van der Waals surface area contributed by atoms with Gasteiger partial charge in [-0.25, -0.2) is 66.7 Å². The van der Waals surface area contributed by atoms with Crippen molar-refractivity contribution in [3.8, 4) is 33.8 Å². The normalized spacial score (nSPS) is 14.9. The van der Waals surface area contributed by atoms with Gasteiger partial charge in [0.1, 0.15) is 28.3 Å². The molecule has 4 aliphatic rings. The van der Waals surface area contributed by atoms with Crippen molar-refractivity contribution in [1.82, 2.24) is 56.4 Å². The van der Waals surface area contributed by atoms with E-state index in [2.05, 4.69) is 43.1 Å². The molecule has 0 aliphatic carbocycles. The van der Waals surface area contributed by atoms with Gasteiger partial charge in [-0.1, -0.05) is 190 Å². The van der Waals surface area contributed by atoms with Gasteiger partial charge in [-0.05, 0) is 199 Å². The van der Waals surface area contributed by atoms with Gasteiger partial charge in [-0.15, -0.1) is 0 Å². The number of nitrogens with one attached hydrogen (secondary N) is 1. The van der Waals surface area contributed by atoms with E-state index in [0.717, 1.165) is 77.2 Å². The van der Waals surface area contributed by atoms with Gasteiger partial charge in [0.05, 0.1) is 24.7 Å². The van der Waals surface area contributed by atoms with E-state index in [4.69, 9.17) is 65.4 Å². The van der Waals surface area contributed by atoms with Gasteiger partial charge in [-0.3, -0.25) is 9.59 Å². The SMILES string of the molecule is CC(C)(C)OC(=O)N1CCN(C(=O)C2Cc3cc(Cl)cc(-c4ccnc5[nH]c(Cc6ccccc6)cc45)c3O2)CC1.Cc1ccc(S(=O)(=O)n2c(Cc3ccccc3)cc3c(-c4cc(Cl)cc5c4OC(C(=O)N4CCN(C(=O)OC(C)(C)C)CC4)C5)ccnc32)cc1.Cc1ccc(S(=O)(=O)n2c(Cc3ccccc3)cc3c(Cl)ccnc32)cc1.Cc1ccc(S(=O)(=O)n2ccc3c(Cl)ccnc32)cc1. The van der Waals surface area contributed by atoms with Crippen molar-refractivity contribution in [2.24, 2.45) is 0 Å². The Morgan fingerprint density at radius 1 is 0.388 bits per heavy atom. The largest absolute Gasteiger partial charge is 0.479 e. The molecule has 1 N–H and O–H groups in total. The zero-order valence-corrected chi connectivity index (χ0v) is 83.1. The Bertz CT molecular complexity index is 7710. The molecule has 33 heteroatoms. The highest BCUT2D eigenvalue weighted by molar-refractivity contribution is 7.90. The molecule has 2 atom stereocenters. The quantitative estimate of drug-likeness (QED) is 0.0939. The second-order valence-electron chi connectivity index (χ2n) is 36.5. The summed E-state index contributed by atoms with van der Waals surface area (Å²) in [6.45, 7) is 19.9. The second kappa shape index (κ2) is 40.2. The number of aryl methyl sites for hydroxylation is 3. The molecule has 16 aromatic rings. The molecule has 0 radical (unpaired) electrons. The van der Waals surface area contributed by atoms with E-state index >= 15 is 0 Å². The number of hydrogen-bond acceptors (Lipinski definition) is 18. The number of benzene rings is 8. The van der Waals surface area contributed by atoms with E-state index in [-0.39, 0.29) is 38.2 Å². The lowest BCUT2D eigenvalue weighted by molar-refractivity contribution is -0.140. The van der Waals surface area contributed by atoms with Crippen molar-refractivity contribution in [2.75, 3.05) is 52.4 Å². The number of rotatable bonds is 16. The maximum Gasteiger partial charge on any atom is 0.410 e. The number of hydrogen-bond donors (Lipinski definition) is 1. The van der Waals surface area contributed by atoms with Gasteiger partial charge < -0.3 is 43.5 Å². The summed E-state index contributed by atoms with van der Waals surface area (Å²) in [4.78, 5) is 80.7. The summed E-state index contributed by atoms with van der Waals surface area (Å²) in [5, 5.41) is 4.84. The fourth-order valence-electron chi connectivity index (χ4n) is 17.3. The summed E-state index contributed by atoms with van der Waals surface area (Å²) in [7, 11) is -11.5. The lowest BCUT2D eigenvalue weighted by Crippen LogP contribution is -2.54. The van der Waals surface area contributed by atoms with Crippen molar-refractivity contribution in [3.05, 3.63) is 349 Å². The zero-order valence-electron chi connectivity index (χ0n) is 77.6. The van der Waals surface area contributed by atoms with Crippen LogP contribution in [0.25, 0.3) is 66.4 Å². The molecule has 26 nitrogen and oxygen atoms in total. The molecule has 2 unspecified atom stereocenters. The zero-order chi connectivity index (χ0) is 98.1. The van der Waals surface area contributed by atoms with Crippen LogP contribution in [0.1, 0.15) is 103 Å². The van der Waals surface area contributed by atoms with Crippen LogP contribution >= 0.6 is 46.4 Å². The highest BCUT2D eigenvalue weighted by Gasteiger charge is 2.41. The van der Waals surface area contributed by atoms with Crippen LogP contribution in [-0.4, -0.2) is 181 Å². The van der Waals surface area contributed by atoms with Gasteiger partial charge in [0.25, 0.3) is 41.9 Å². The van der Waals surface area contributed by atoms with Gasteiger partial charge in [0.2, 0.25) is 0 Å². The minimum atomic E-state index is -4.05. The van der Waals surface area contributed by atoms with Crippen LogP contribution in [0.3, 0.4) is 0 Å². The van der Waals surface area contributed by atoms with E-state index in [1.54, 1.807) is 135 Å². The molecule has 8 aromatic carbocycles. The Labute approximate surface area is 826 Å². The number of carbonyl (C=O) groups is 4.